The summed E-state index contributed by atoms with van der Waals surface area (Å²) in [7, 11) is 1.80. The molecule has 6 heteroatoms. The smallest absolute Gasteiger partial charge is 0.413 e. The minimum Gasteiger partial charge on any atom is -0.444 e. The first-order valence-electron chi connectivity index (χ1n) is 8.05. The highest BCUT2D eigenvalue weighted by Gasteiger charge is 2.18. The van der Waals surface area contributed by atoms with Gasteiger partial charge in [0.25, 0.3) is 0 Å². The maximum Gasteiger partial charge on any atom is 0.413 e. The van der Waals surface area contributed by atoms with Crippen molar-refractivity contribution in [1.82, 2.24) is 15.1 Å². The zero-order valence-electron chi connectivity index (χ0n) is 14.5. The minimum atomic E-state index is -0.514. The number of nitrogens with one attached hydrogen (secondary N) is 2. The molecular formula is C16H30N4O2. The molecule has 0 aliphatic rings. The van der Waals surface area contributed by atoms with E-state index in [9.17, 15) is 4.79 Å². The van der Waals surface area contributed by atoms with Gasteiger partial charge < -0.3 is 10.1 Å². The molecule has 1 amide bonds. The van der Waals surface area contributed by atoms with Crippen molar-refractivity contribution in [1.29, 1.82) is 0 Å². The Hall–Kier alpha value is -1.56. The van der Waals surface area contributed by atoms with E-state index in [0.717, 1.165) is 12.1 Å². The molecule has 0 aromatic carbocycles. The number of aromatic nitrogens is 2. The van der Waals surface area contributed by atoms with E-state index in [2.05, 4.69) is 22.7 Å². The maximum absolute atomic E-state index is 11.9. The number of aryl methyl sites for hydroxylation is 1. The molecule has 22 heavy (non-hydrogen) atoms. The lowest BCUT2D eigenvalue weighted by molar-refractivity contribution is 0.0634. The first-order valence-corrected chi connectivity index (χ1v) is 8.05. The van der Waals surface area contributed by atoms with Crippen LogP contribution in [0.2, 0.25) is 0 Å². The largest absolute Gasteiger partial charge is 0.444 e. The molecule has 6 nitrogen and oxygen atoms in total. The third-order valence-electron chi connectivity index (χ3n) is 3.16. The number of unbranched alkanes of at least 4 members (excludes halogenated alkanes) is 3. The Labute approximate surface area is 133 Å². The van der Waals surface area contributed by atoms with E-state index < -0.39 is 11.7 Å². The maximum atomic E-state index is 11.9. The number of anilines is 1. The first kappa shape index (κ1) is 18.5. The van der Waals surface area contributed by atoms with Gasteiger partial charge in [-0.3, -0.25) is 10.00 Å². The molecule has 0 saturated carbocycles. The number of carbonyl (C=O) groups excluding carboxylic acids is 1. The van der Waals surface area contributed by atoms with Crippen LogP contribution in [0.4, 0.5) is 10.6 Å². The van der Waals surface area contributed by atoms with E-state index >= 15 is 0 Å². The molecule has 0 unspecified atom stereocenters. The van der Waals surface area contributed by atoms with Crippen molar-refractivity contribution in [3.63, 3.8) is 0 Å². The van der Waals surface area contributed by atoms with E-state index in [4.69, 9.17) is 4.74 Å². The van der Waals surface area contributed by atoms with Gasteiger partial charge in [0.05, 0.1) is 6.20 Å². The van der Waals surface area contributed by atoms with Crippen molar-refractivity contribution in [2.45, 2.75) is 65.5 Å². The fourth-order valence-corrected chi connectivity index (χ4v) is 2.07. The Balaban J connectivity index is 2.47. The van der Waals surface area contributed by atoms with Gasteiger partial charge in [-0.25, -0.2) is 4.79 Å². The second-order valence-corrected chi connectivity index (χ2v) is 6.51. The van der Waals surface area contributed by atoms with Gasteiger partial charge in [0.15, 0.2) is 0 Å². The lowest BCUT2D eigenvalue weighted by atomic mass is 10.2. The van der Waals surface area contributed by atoms with E-state index in [-0.39, 0.29) is 0 Å². The third kappa shape index (κ3) is 6.93. The Bertz CT molecular complexity index is 463. The van der Waals surface area contributed by atoms with Crippen LogP contribution in [-0.4, -0.2) is 28.0 Å². The van der Waals surface area contributed by atoms with Crippen molar-refractivity contribution in [2.75, 3.05) is 11.9 Å². The Kier molecular flexibility index (Phi) is 7.38. The lowest BCUT2D eigenvalue weighted by Crippen LogP contribution is -2.28. The van der Waals surface area contributed by atoms with Crippen LogP contribution < -0.4 is 10.6 Å². The average Bonchev–Trinajstić information content (AvgIpc) is 2.73. The predicted molar refractivity (Wildman–Crippen MR) is 88.9 cm³/mol. The van der Waals surface area contributed by atoms with Gasteiger partial charge in [-0.05, 0) is 33.7 Å². The second kappa shape index (κ2) is 8.78. The van der Waals surface area contributed by atoms with Crippen LogP contribution in [0, 0.1) is 0 Å². The summed E-state index contributed by atoms with van der Waals surface area (Å²) in [6.07, 6.45) is 6.25. The molecule has 1 rings (SSSR count). The van der Waals surface area contributed by atoms with Crippen LogP contribution in [0.5, 0.6) is 0 Å². The Morgan fingerprint density at radius 2 is 2.05 bits per heavy atom. The molecule has 0 spiro atoms. The number of ether oxygens (including phenoxy) is 1. The molecule has 0 aliphatic carbocycles. The summed E-state index contributed by atoms with van der Waals surface area (Å²) in [4.78, 5) is 11.9. The summed E-state index contributed by atoms with van der Waals surface area (Å²) in [6, 6.07) is 0. The van der Waals surface area contributed by atoms with Crippen LogP contribution in [-0.2, 0) is 18.3 Å². The Morgan fingerprint density at radius 3 is 2.68 bits per heavy atom. The van der Waals surface area contributed by atoms with Gasteiger partial charge >= 0.3 is 6.09 Å². The van der Waals surface area contributed by atoms with Gasteiger partial charge in [-0.2, -0.15) is 5.10 Å². The van der Waals surface area contributed by atoms with Crippen LogP contribution in [0.1, 0.15) is 58.9 Å². The fourth-order valence-electron chi connectivity index (χ4n) is 2.07. The molecule has 0 radical (unpaired) electrons. The zero-order chi connectivity index (χ0) is 16.6. The van der Waals surface area contributed by atoms with Crippen molar-refractivity contribution < 1.29 is 9.53 Å². The second-order valence-electron chi connectivity index (χ2n) is 6.51. The molecule has 0 bridgehead atoms. The molecule has 0 aliphatic heterocycles. The van der Waals surface area contributed by atoms with Crippen molar-refractivity contribution in [3.05, 3.63) is 11.8 Å². The van der Waals surface area contributed by atoms with Crippen molar-refractivity contribution in [3.8, 4) is 0 Å². The van der Waals surface area contributed by atoms with E-state index in [0.29, 0.717) is 12.4 Å². The molecule has 2 N–H and O–H groups in total. The molecule has 1 aromatic heterocycles. The van der Waals surface area contributed by atoms with Gasteiger partial charge in [-0.15, -0.1) is 0 Å². The molecule has 0 saturated heterocycles. The third-order valence-corrected chi connectivity index (χ3v) is 3.16. The van der Waals surface area contributed by atoms with E-state index in [1.165, 1.54) is 25.7 Å². The predicted octanol–water partition coefficient (Wildman–Crippen LogP) is 3.44. The summed E-state index contributed by atoms with van der Waals surface area (Å²) < 4.78 is 6.93. The highest BCUT2D eigenvalue weighted by atomic mass is 16.6. The summed E-state index contributed by atoms with van der Waals surface area (Å²) in [5.41, 5.74) is 0.448. The van der Waals surface area contributed by atoms with Gasteiger partial charge in [-0.1, -0.05) is 26.2 Å². The average molecular weight is 310 g/mol. The number of carbonyl (C=O) groups is 1. The summed E-state index contributed by atoms with van der Waals surface area (Å²) in [5, 5.41) is 10.4. The topological polar surface area (TPSA) is 68.2 Å². The quantitative estimate of drug-likeness (QED) is 0.722. The molecule has 126 valence electrons. The summed E-state index contributed by atoms with van der Waals surface area (Å²) >= 11 is 0. The number of nitrogens with zero attached hydrogens (tertiary/aromatic N) is 2. The number of hydrogen-bond acceptors (Lipinski definition) is 4. The van der Waals surface area contributed by atoms with Gasteiger partial charge in [0, 0.05) is 19.2 Å². The van der Waals surface area contributed by atoms with Gasteiger partial charge in [0.2, 0.25) is 0 Å². The summed E-state index contributed by atoms with van der Waals surface area (Å²) in [6.45, 7) is 9.39. The van der Waals surface area contributed by atoms with Crippen LogP contribution >= 0.6 is 0 Å². The summed E-state index contributed by atoms with van der Waals surface area (Å²) in [5.74, 6) is 0.676. The SMILES string of the molecule is CCCCCCNCc1cnn(C)c1NC(=O)OC(C)(C)C. The van der Waals surface area contributed by atoms with Crippen LogP contribution in [0.3, 0.4) is 0 Å². The van der Waals surface area contributed by atoms with E-state index in [1.807, 2.05) is 20.8 Å². The van der Waals surface area contributed by atoms with Gasteiger partial charge in [0.1, 0.15) is 11.4 Å². The van der Waals surface area contributed by atoms with Crippen molar-refractivity contribution >= 4 is 11.9 Å². The molecular weight excluding hydrogens is 280 g/mol. The highest BCUT2D eigenvalue weighted by molar-refractivity contribution is 5.84. The van der Waals surface area contributed by atoms with Crippen LogP contribution in [0.15, 0.2) is 6.20 Å². The monoisotopic (exact) mass is 310 g/mol. The van der Waals surface area contributed by atoms with E-state index in [1.54, 1.807) is 17.9 Å². The van der Waals surface area contributed by atoms with Crippen molar-refractivity contribution in [2.24, 2.45) is 7.05 Å². The minimum absolute atomic E-state index is 0.458. The number of hydrogen-bond donors (Lipinski definition) is 2. The molecule has 0 fully saturated rings. The Morgan fingerprint density at radius 1 is 1.32 bits per heavy atom. The standard InChI is InChI=1S/C16H30N4O2/c1-6-7-8-9-10-17-11-13-12-18-20(5)14(13)19-15(21)22-16(2,3)4/h12,17H,6-11H2,1-5H3,(H,19,21). The lowest BCUT2D eigenvalue weighted by Gasteiger charge is -2.20. The molecule has 0 atom stereocenters. The normalized spacial score (nSPS) is 11.5. The number of amides is 1. The zero-order valence-corrected chi connectivity index (χ0v) is 14.5. The number of rotatable bonds is 8. The highest BCUT2D eigenvalue weighted by Crippen LogP contribution is 2.16. The fraction of sp³-hybridized carbons (Fsp3) is 0.750. The molecule has 1 aromatic rings. The van der Waals surface area contributed by atoms with Crippen LogP contribution in [0.25, 0.3) is 0 Å². The first-order chi connectivity index (χ1) is 10.3. The molecule has 1 heterocycles.